The van der Waals surface area contributed by atoms with Gasteiger partial charge in [0, 0.05) is 19.8 Å². The number of carbonyl (C=O) groups is 1. The molecule has 2 N–H and O–H groups in total. The molecule has 112 valence electrons. The molecule has 0 aliphatic rings. The molecule has 7 heteroatoms. The molecule has 1 aromatic rings. The second kappa shape index (κ2) is 6.83. The van der Waals surface area contributed by atoms with E-state index in [1.54, 1.807) is 6.07 Å². The Morgan fingerprint density at radius 2 is 1.95 bits per heavy atom. The lowest BCUT2D eigenvalue weighted by Gasteiger charge is -2.14. The fraction of sp³-hybridized carbons (Fsp3) is 0.462. The van der Waals surface area contributed by atoms with E-state index in [2.05, 4.69) is 10.6 Å². The molecule has 0 aliphatic heterocycles. The molecular weight excluding hydrogens is 278 g/mol. The molecule has 20 heavy (non-hydrogen) atoms. The van der Waals surface area contributed by atoms with Crippen LogP contribution in [0.4, 0.5) is 5.69 Å². The summed E-state index contributed by atoms with van der Waals surface area (Å²) in [4.78, 5) is 11.8. The summed E-state index contributed by atoms with van der Waals surface area (Å²) in [6.45, 7) is 4.61. The third kappa shape index (κ3) is 4.03. The summed E-state index contributed by atoms with van der Waals surface area (Å²) in [7, 11) is -0.561. The van der Waals surface area contributed by atoms with Crippen LogP contribution in [0, 0.1) is 6.92 Å². The molecule has 0 spiro atoms. The molecule has 1 aromatic carbocycles. The summed E-state index contributed by atoms with van der Waals surface area (Å²) in [6.07, 6.45) is 0. The van der Waals surface area contributed by atoms with E-state index >= 15 is 0 Å². The number of rotatable bonds is 6. The minimum Gasteiger partial charge on any atom is -0.325 e. The van der Waals surface area contributed by atoms with Crippen molar-refractivity contribution in [1.82, 2.24) is 9.62 Å². The number of sulfonamides is 1. The number of benzene rings is 1. The number of hydrogen-bond donors (Lipinski definition) is 2. The zero-order valence-electron chi connectivity index (χ0n) is 12.2. The highest BCUT2D eigenvalue weighted by molar-refractivity contribution is 7.89. The number of anilines is 1. The Bertz CT molecular complexity index is 583. The van der Waals surface area contributed by atoms with E-state index in [1.165, 1.54) is 26.2 Å². The molecule has 1 amide bonds. The predicted octanol–water partition coefficient (Wildman–Crippen LogP) is 0.793. The fourth-order valence-electron chi connectivity index (χ4n) is 1.54. The van der Waals surface area contributed by atoms with Crippen LogP contribution in [0.5, 0.6) is 0 Å². The molecule has 0 aromatic heterocycles. The Hall–Kier alpha value is -1.44. The van der Waals surface area contributed by atoms with Gasteiger partial charge in [-0.2, -0.15) is 0 Å². The van der Waals surface area contributed by atoms with Gasteiger partial charge in [0.05, 0.1) is 11.4 Å². The topological polar surface area (TPSA) is 78.5 Å². The van der Waals surface area contributed by atoms with Crippen molar-refractivity contribution in [2.24, 2.45) is 0 Å². The second-order valence-corrected chi connectivity index (χ2v) is 6.74. The van der Waals surface area contributed by atoms with Gasteiger partial charge in [-0.25, -0.2) is 12.7 Å². The van der Waals surface area contributed by atoms with Crippen molar-refractivity contribution in [3.63, 3.8) is 0 Å². The summed E-state index contributed by atoms with van der Waals surface area (Å²) < 4.78 is 25.2. The standard InChI is InChI=1S/C13H21N3O3S/c1-5-14-9-13(17)15-12-8-11(7-6-10(12)2)20(18,19)16(3)4/h6-8,14H,5,9H2,1-4H3,(H,15,17). The fourth-order valence-corrected chi connectivity index (χ4v) is 2.47. The third-order valence-electron chi connectivity index (χ3n) is 2.80. The van der Waals surface area contributed by atoms with Crippen LogP contribution >= 0.6 is 0 Å². The van der Waals surface area contributed by atoms with Crippen LogP contribution in [0.1, 0.15) is 12.5 Å². The second-order valence-electron chi connectivity index (χ2n) is 4.59. The molecule has 0 bridgehead atoms. The van der Waals surface area contributed by atoms with Gasteiger partial charge in [0.2, 0.25) is 15.9 Å². The van der Waals surface area contributed by atoms with Crippen molar-refractivity contribution in [2.75, 3.05) is 32.5 Å². The number of likely N-dealkylation sites (N-methyl/N-ethyl adjacent to an activating group) is 1. The van der Waals surface area contributed by atoms with E-state index in [-0.39, 0.29) is 17.3 Å². The molecule has 0 unspecified atom stereocenters. The van der Waals surface area contributed by atoms with Crippen LogP contribution in [-0.2, 0) is 14.8 Å². The zero-order valence-corrected chi connectivity index (χ0v) is 13.0. The lowest BCUT2D eigenvalue weighted by molar-refractivity contribution is -0.115. The molecule has 0 heterocycles. The van der Waals surface area contributed by atoms with Gasteiger partial charge in [-0.1, -0.05) is 13.0 Å². The number of nitrogens with zero attached hydrogens (tertiary/aromatic N) is 1. The molecule has 0 radical (unpaired) electrons. The minimum atomic E-state index is -3.50. The number of hydrogen-bond acceptors (Lipinski definition) is 4. The van der Waals surface area contributed by atoms with Crippen LogP contribution in [0.3, 0.4) is 0 Å². The van der Waals surface area contributed by atoms with Gasteiger partial charge >= 0.3 is 0 Å². The summed E-state index contributed by atoms with van der Waals surface area (Å²) in [5.74, 6) is -0.200. The maximum absolute atomic E-state index is 12.1. The summed E-state index contributed by atoms with van der Waals surface area (Å²) in [5, 5.41) is 5.62. The summed E-state index contributed by atoms with van der Waals surface area (Å²) in [6, 6.07) is 4.69. The smallest absolute Gasteiger partial charge is 0.242 e. The van der Waals surface area contributed by atoms with Crippen molar-refractivity contribution in [2.45, 2.75) is 18.7 Å². The third-order valence-corrected chi connectivity index (χ3v) is 4.61. The Labute approximate surface area is 120 Å². The maximum Gasteiger partial charge on any atom is 0.242 e. The largest absolute Gasteiger partial charge is 0.325 e. The number of amides is 1. The van der Waals surface area contributed by atoms with Gasteiger partial charge < -0.3 is 10.6 Å². The number of aryl methyl sites for hydroxylation is 1. The van der Waals surface area contributed by atoms with Crippen LogP contribution in [-0.4, -0.2) is 45.8 Å². The van der Waals surface area contributed by atoms with E-state index in [1.807, 2.05) is 13.8 Å². The van der Waals surface area contributed by atoms with Crippen molar-refractivity contribution in [1.29, 1.82) is 0 Å². The predicted molar refractivity (Wildman–Crippen MR) is 79.2 cm³/mol. The van der Waals surface area contributed by atoms with Gasteiger partial charge in [-0.15, -0.1) is 0 Å². The van der Waals surface area contributed by atoms with Gasteiger partial charge in [0.25, 0.3) is 0 Å². The molecule has 0 fully saturated rings. The molecule has 6 nitrogen and oxygen atoms in total. The summed E-state index contributed by atoms with van der Waals surface area (Å²) >= 11 is 0. The van der Waals surface area contributed by atoms with Crippen LogP contribution in [0.25, 0.3) is 0 Å². The monoisotopic (exact) mass is 299 g/mol. The first-order valence-corrected chi connectivity index (χ1v) is 7.76. The molecule has 0 saturated heterocycles. The SMILES string of the molecule is CCNCC(=O)Nc1cc(S(=O)(=O)N(C)C)ccc1C. The number of carbonyl (C=O) groups excluding carboxylic acids is 1. The van der Waals surface area contributed by atoms with E-state index in [4.69, 9.17) is 0 Å². The Morgan fingerprint density at radius 3 is 2.50 bits per heavy atom. The van der Waals surface area contributed by atoms with Gasteiger partial charge in [0.1, 0.15) is 0 Å². The average molecular weight is 299 g/mol. The highest BCUT2D eigenvalue weighted by Crippen LogP contribution is 2.21. The Morgan fingerprint density at radius 1 is 1.30 bits per heavy atom. The van der Waals surface area contributed by atoms with Crippen molar-refractivity contribution < 1.29 is 13.2 Å². The van der Waals surface area contributed by atoms with E-state index in [0.29, 0.717) is 12.2 Å². The van der Waals surface area contributed by atoms with Crippen molar-refractivity contribution in [3.05, 3.63) is 23.8 Å². The molecular formula is C13H21N3O3S. The highest BCUT2D eigenvalue weighted by atomic mass is 32.2. The van der Waals surface area contributed by atoms with Crippen molar-refractivity contribution >= 4 is 21.6 Å². The zero-order chi connectivity index (χ0) is 15.3. The van der Waals surface area contributed by atoms with E-state index < -0.39 is 10.0 Å². The molecule has 0 saturated carbocycles. The lowest BCUT2D eigenvalue weighted by Crippen LogP contribution is -2.28. The molecule has 1 rings (SSSR count). The minimum absolute atomic E-state index is 0.159. The van der Waals surface area contributed by atoms with Gasteiger partial charge in [-0.3, -0.25) is 4.79 Å². The number of nitrogens with one attached hydrogen (secondary N) is 2. The average Bonchev–Trinajstić information content (AvgIpc) is 2.38. The first-order valence-electron chi connectivity index (χ1n) is 6.32. The van der Waals surface area contributed by atoms with Crippen LogP contribution in [0.15, 0.2) is 23.1 Å². The van der Waals surface area contributed by atoms with E-state index in [0.717, 1.165) is 9.87 Å². The van der Waals surface area contributed by atoms with E-state index in [9.17, 15) is 13.2 Å². The Balaban J connectivity index is 3.01. The maximum atomic E-state index is 12.1. The normalized spacial score (nSPS) is 11.7. The first kappa shape index (κ1) is 16.6. The first-order chi connectivity index (χ1) is 9.28. The van der Waals surface area contributed by atoms with Crippen molar-refractivity contribution in [3.8, 4) is 0 Å². The van der Waals surface area contributed by atoms with Crippen LogP contribution in [0.2, 0.25) is 0 Å². The molecule has 0 aliphatic carbocycles. The Kier molecular flexibility index (Phi) is 5.67. The highest BCUT2D eigenvalue weighted by Gasteiger charge is 2.18. The van der Waals surface area contributed by atoms with Crippen LogP contribution < -0.4 is 10.6 Å². The van der Waals surface area contributed by atoms with Gasteiger partial charge in [0.15, 0.2) is 0 Å². The summed E-state index contributed by atoms with van der Waals surface area (Å²) in [5.41, 5.74) is 1.32. The molecule has 0 atom stereocenters. The quantitative estimate of drug-likeness (QED) is 0.814. The van der Waals surface area contributed by atoms with Gasteiger partial charge in [-0.05, 0) is 31.2 Å². The lowest BCUT2D eigenvalue weighted by atomic mass is 10.2.